The van der Waals surface area contributed by atoms with Gasteiger partial charge in [-0.2, -0.15) is 0 Å². The number of carbonyl (C=O) groups excluding carboxylic acids is 1. The van der Waals surface area contributed by atoms with E-state index in [0.717, 1.165) is 0 Å². The Morgan fingerprint density at radius 1 is 1.40 bits per heavy atom. The minimum Gasteiger partial charge on any atom is -0.494 e. The fourth-order valence-corrected chi connectivity index (χ4v) is 1.44. The topological polar surface area (TPSA) is 93.5 Å². The molecule has 7 heteroatoms. The summed E-state index contributed by atoms with van der Waals surface area (Å²) in [6.45, 7) is 6.00. The van der Waals surface area contributed by atoms with Gasteiger partial charge in [-0.25, -0.2) is 0 Å². The number of amides is 1. The number of carbonyl (C=O) groups is 1. The second-order valence-electron chi connectivity index (χ2n) is 5.29. The van der Waals surface area contributed by atoms with Crippen molar-refractivity contribution in [2.75, 3.05) is 19.0 Å². The Balaban J connectivity index is 2.77. The van der Waals surface area contributed by atoms with E-state index in [0.29, 0.717) is 5.69 Å². The molecule has 0 heterocycles. The fraction of sp³-hybridized carbons (Fsp3) is 0.462. The summed E-state index contributed by atoms with van der Waals surface area (Å²) in [6, 6.07) is 4.04. The normalized spacial score (nSPS) is 11.0. The molecule has 0 atom stereocenters. The van der Waals surface area contributed by atoms with Gasteiger partial charge in [0.1, 0.15) is 5.75 Å². The zero-order chi connectivity index (χ0) is 15.3. The highest BCUT2D eigenvalue weighted by atomic mass is 16.6. The zero-order valence-electron chi connectivity index (χ0n) is 12.0. The van der Waals surface area contributed by atoms with E-state index in [4.69, 9.17) is 4.74 Å². The highest BCUT2D eigenvalue weighted by Gasteiger charge is 2.15. The molecule has 0 saturated carbocycles. The lowest BCUT2D eigenvalue weighted by Gasteiger charge is -2.20. The van der Waals surface area contributed by atoms with Crippen LogP contribution in [0.15, 0.2) is 18.2 Å². The molecule has 0 unspecified atom stereocenters. The zero-order valence-corrected chi connectivity index (χ0v) is 12.0. The number of hydrogen-bond donors (Lipinski definition) is 2. The minimum absolute atomic E-state index is 0.0901. The van der Waals surface area contributed by atoms with Crippen LogP contribution in [0.25, 0.3) is 0 Å². The highest BCUT2D eigenvalue weighted by Crippen LogP contribution is 2.28. The number of rotatable bonds is 5. The van der Waals surface area contributed by atoms with Gasteiger partial charge in [-0.3, -0.25) is 14.9 Å². The Bertz CT molecular complexity index is 509. The van der Waals surface area contributed by atoms with Crippen molar-refractivity contribution in [2.24, 2.45) is 0 Å². The number of benzene rings is 1. The molecule has 0 radical (unpaired) electrons. The molecule has 1 amide bonds. The van der Waals surface area contributed by atoms with Crippen LogP contribution in [0.1, 0.15) is 20.8 Å². The van der Waals surface area contributed by atoms with Crippen molar-refractivity contribution in [1.82, 2.24) is 5.32 Å². The van der Waals surface area contributed by atoms with Crippen LogP contribution in [-0.2, 0) is 4.79 Å². The molecule has 7 nitrogen and oxygen atoms in total. The van der Waals surface area contributed by atoms with Crippen molar-refractivity contribution in [3.05, 3.63) is 28.3 Å². The number of nitro benzene ring substituents is 1. The molecule has 0 saturated heterocycles. The van der Waals surface area contributed by atoms with Crippen LogP contribution in [0.3, 0.4) is 0 Å². The summed E-state index contributed by atoms with van der Waals surface area (Å²) in [7, 11) is 1.39. The van der Waals surface area contributed by atoms with Gasteiger partial charge in [0.25, 0.3) is 5.69 Å². The summed E-state index contributed by atoms with van der Waals surface area (Å²) in [5.41, 5.74) is 0.142. The van der Waals surface area contributed by atoms with E-state index in [1.54, 1.807) is 0 Å². The van der Waals surface area contributed by atoms with E-state index in [2.05, 4.69) is 10.6 Å². The number of nitrogens with zero attached hydrogens (tertiary/aromatic N) is 1. The lowest BCUT2D eigenvalue weighted by atomic mass is 10.1. The third-order valence-electron chi connectivity index (χ3n) is 2.45. The number of methoxy groups -OCH3 is 1. The molecule has 0 fully saturated rings. The van der Waals surface area contributed by atoms with Crippen molar-refractivity contribution in [3.8, 4) is 5.75 Å². The first-order valence-corrected chi connectivity index (χ1v) is 6.10. The molecule has 0 bridgehead atoms. The number of ether oxygens (including phenoxy) is 1. The fourth-order valence-electron chi connectivity index (χ4n) is 1.44. The van der Waals surface area contributed by atoms with Crippen LogP contribution in [-0.4, -0.2) is 30.0 Å². The SMILES string of the molecule is COc1cc([N+](=O)[O-])ccc1NC(=O)CNC(C)(C)C. The summed E-state index contributed by atoms with van der Waals surface area (Å²) in [4.78, 5) is 21.9. The predicted octanol–water partition coefficient (Wildman–Crippen LogP) is 1.93. The largest absolute Gasteiger partial charge is 0.494 e. The monoisotopic (exact) mass is 281 g/mol. The van der Waals surface area contributed by atoms with Crippen LogP contribution in [0.5, 0.6) is 5.75 Å². The van der Waals surface area contributed by atoms with Gasteiger partial charge in [0.2, 0.25) is 5.91 Å². The van der Waals surface area contributed by atoms with E-state index in [-0.39, 0.29) is 29.4 Å². The maximum absolute atomic E-state index is 11.8. The average Bonchev–Trinajstić information content (AvgIpc) is 2.35. The van der Waals surface area contributed by atoms with Gasteiger partial charge in [-0.05, 0) is 26.8 Å². The van der Waals surface area contributed by atoms with Gasteiger partial charge in [0, 0.05) is 11.6 Å². The van der Waals surface area contributed by atoms with E-state index in [1.807, 2.05) is 20.8 Å². The van der Waals surface area contributed by atoms with E-state index >= 15 is 0 Å². The first kappa shape index (κ1) is 15.9. The molecular formula is C13H19N3O4. The van der Waals surface area contributed by atoms with Crippen molar-refractivity contribution in [3.63, 3.8) is 0 Å². The van der Waals surface area contributed by atoms with Gasteiger partial charge >= 0.3 is 0 Å². The van der Waals surface area contributed by atoms with Crippen molar-refractivity contribution >= 4 is 17.3 Å². The van der Waals surface area contributed by atoms with Crippen LogP contribution in [0, 0.1) is 10.1 Å². The minimum atomic E-state index is -0.519. The van der Waals surface area contributed by atoms with E-state index in [1.165, 1.54) is 25.3 Å². The van der Waals surface area contributed by atoms with E-state index in [9.17, 15) is 14.9 Å². The second kappa shape index (κ2) is 6.33. The molecule has 0 aliphatic heterocycles. The number of non-ortho nitro benzene ring substituents is 1. The lowest BCUT2D eigenvalue weighted by Crippen LogP contribution is -2.41. The maximum Gasteiger partial charge on any atom is 0.273 e. The molecule has 0 aliphatic rings. The van der Waals surface area contributed by atoms with Gasteiger partial charge < -0.3 is 15.4 Å². The molecule has 0 aliphatic carbocycles. The number of anilines is 1. The molecule has 2 N–H and O–H groups in total. The molecule has 0 spiro atoms. The number of nitrogens with one attached hydrogen (secondary N) is 2. The van der Waals surface area contributed by atoms with Gasteiger partial charge in [0.15, 0.2) is 0 Å². The van der Waals surface area contributed by atoms with Crippen molar-refractivity contribution in [1.29, 1.82) is 0 Å². The third-order valence-corrected chi connectivity index (χ3v) is 2.45. The molecule has 0 aromatic heterocycles. The van der Waals surface area contributed by atoms with Crippen LogP contribution < -0.4 is 15.4 Å². The van der Waals surface area contributed by atoms with Crippen LogP contribution >= 0.6 is 0 Å². The first-order valence-electron chi connectivity index (χ1n) is 6.10. The molecule has 1 aromatic carbocycles. The third kappa shape index (κ3) is 4.85. The average molecular weight is 281 g/mol. The van der Waals surface area contributed by atoms with Crippen LogP contribution in [0.2, 0.25) is 0 Å². The maximum atomic E-state index is 11.8. The molecule has 20 heavy (non-hydrogen) atoms. The molecule has 110 valence electrons. The van der Waals surface area contributed by atoms with Gasteiger partial charge in [-0.1, -0.05) is 0 Å². The Morgan fingerprint density at radius 3 is 2.55 bits per heavy atom. The Morgan fingerprint density at radius 2 is 2.05 bits per heavy atom. The Labute approximate surface area is 117 Å². The smallest absolute Gasteiger partial charge is 0.273 e. The Kier molecular flexibility index (Phi) is 5.04. The number of hydrogen-bond acceptors (Lipinski definition) is 5. The standard InChI is InChI=1S/C13H19N3O4/c1-13(2,3)14-8-12(17)15-10-6-5-9(16(18)19)7-11(10)20-4/h5-7,14H,8H2,1-4H3,(H,15,17). The Hall–Kier alpha value is -2.15. The summed E-state index contributed by atoms with van der Waals surface area (Å²) in [5, 5.41) is 16.4. The first-order chi connectivity index (χ1) is 9.23. The number of nitro groups is 1. The van der Waals surface area contributed by atoms with E-state index < -0.39 is 4.92 Å². The predicted molar refractivity (Wildman–Crippen MR) is 76.0 cm³/mol. The summed E-state index contributed by atoms with van der Waals surface area (Å²) in [6.07, 6.45) is 0. The summed E-state index contributed by atoms with van der Waals surface area (Å²) < 4.78 is 5.04. The summed E-state index contributed by atoms with van der Waals surface area (Å²) in [5.74, 6) is 0.00962. The van der Waals surface area contributed by atoms with Gasteiger partial charge in [0.05, 0.1) is 30.3 Å². The molecule has 1 rings (SSSR count). The van der Waals surface area contributed by atoms with Gasteiger partial charge in [-0.15, -0.1) is 0 Å². The summed E-state index contributed by atoms with van der Waals surface area (Å²) >= 11 is 0. The molecular weight excluding hydrogens is 262 g/mol. The quantitative estimate of drug-likeness (QED) is 0.635. The highest BCUT2D eigenvalue weighted by molar-refractivity contribution is 5.93. The van der Waals surface area contributed by atoms with Crippen molar-refractivity contribution in [2.45, 2.75) is 26.3 Å². The van der Waals surface area contributed by atoms with Crippen LogP contribution in [0.4, 0.5) is 11.4 Å². The second-order valence-corrected chi connectivity index (χ2v) is 5.29. The molecule has 1 aromatic rings. The van der Waals surface area contributed by atoms with Crippen molar-refractivity contribution < 1.29 is 14.5 Å². The lowest BCUT2D eigenvalue weighted by molar-refractivity contribution is -0.384.